The first-order valence-electron chi connectivity index (χ1n) is 4.72. The Balaban J connectivity index is 2.78. The van der Waals surface area contributed by atoms with Gasteiger partial charge in [-0.25, -0.2) is 0 Å². The predicted octanol–water partition coefficient (Wildman–Crippen LogP) is 2.10. The topological polar surface area (TPSA) is 63.3 Å². The van der Waals surface area contributed by atoms with Crippen molar-refractivity contribution in [1.29, 1.82) is 0 Å². The van der Waals surface area contributed by atoms with Crippen LogP contribution in [0.1, 0.15) is 22.9 Å². The summed E-state index contributed by atoms with van der Waals surface area (Å²) in [5.74, 6) is -0.965. The summed E-state index contributed by atoms with van der Waals surface area (Å²) < 4.78 is 0. The number of carboxylic acids is 1. The lowest BCUT2D eigenvalue weighted by atomic mass is 10.0. The number of halogens is 1. The number of nitrogens with two attached hydrogens (primary N) is 1. The maximum absolute atomic E-state index is 10.6. The van der Waals surface area contributed by atoms with Gasteiger partial charge in [0.15, 0.2) is 0 Å². The molecule has 0 spiro atoms. The molecule has 0 fully saturated rings. The van der Waals surface area contributed by atoms with Crippen molar-refractivity contribution in [3.63, 3.8) is 0 Å². The fourth-order valence-electron chi connectivity index (χ4n) is 1.31. The van der Waals surface area contributed by atoms with Gasteiger partial charge >= 0.3 is 5.97 Å². The highest BCUT2D eigenvalue weighted by atomic mass is 79.9. The average Bonchev–Trinajstić information content (AvgIpc) is 2.18. The standard InChI is InChI=1S/C11H14BrNO2/c1-7(12)9-4-2-3-8(5-9)6-10(13)11(14)15/h2-5,7,10H,6,13H2,1H3,(H,14,15). The van der Waals surface area contributed by atoms with E-state index >= 15 is 0 Å². The van der Waals surface area contributed by atoms with Crippen molar-refractivity contribution in [2.75, 3.05) is 0 Å². The predicted molar refractivity (Wildman–Crippen MR) is 63.1 cm³/mol. The second-order valence-corrected chi connectivity index (χ2v) is 4.88. The highest BCUT2D eigenvalue weighted by Crippen LogP contribution is 2.22. The van der Waals surface area contributed by atoms with E-state index in [2.05, 4.69) is 15.9 Å². The summed E-state index contributed by atoms with van der Waals surface area (Å²) in [7, 11) is 0. The molecular weight excluding hydrogens is 258 g/mol. The van der Waals surface area contributed by atoms with E-state index in [1.807, 2.05) is 31.2 Å². The van der Waals surface area contributed by atoms with Crippen LogP contribution in [0.2, 0.25) is 0 Å². The molecule has 2 atom stereocenters. The zero-order valence-electron chi connectivity index (χ0n) is 8.48. The van der Waals surface area contributed by atoms with Gasteiger partial charge in [-0.05, 0) is 24.5 Å². The highest BCUT2D eigenvalue weighted by molar-refractivity contribution is 9.09. The van der Waals surface area contributed by atoms with Gasteiger partial charge in [0, 0.05) is 4.83 Å². The van der Waals surface area contributed by atoms with Gasteiger partial charge in [-0.2, -0.15) is 0 Å². The summed E-state index contributed by atoms with van der Waals surface area (Å²) in [6.07, 6.45) is 0.364. The van der Waals surface area contributed by atoms with E-state index in [1.165, 1.54) is 0 Å². The molecule has 0 aromatic heterocycles. The Morgan fingerprint density at radius 3 is 2.80 bits per heavy atom. The van der Waals surface area contributed by atoms with Crippen LogP contribution in [0, 0.1) is 0 Å². The molecule has 0 bridgehead atoms. The van der Waals surface area contributed by atoms with Crippen molar-refractivity contribution < 1.29 is 9.90 Å². The minimum absolute atomic E-state index is 0.263. The molecule has 0 saturated heterocycles. The van der Waals surface area contributed by atoms with Crippen molar-refractivity contribution in [1.82, 2.24) is 0 Å². The molecule has 0 saturated carbocycles. The van der Waals surface area contributed by atoms with E-state index < -0.39 is 12.0 Å². The zero-order chi connectivity index (χ0) is 11.4. The Hall–Kier alpha value is -0.870. The summed E-state index contributed by atoms with van der Waals surface area (Å²) in [5, 5.41) is 8.69. The molecule has 1 aromatic rings. The van der Waals surface area contributed by atoms with Crippen molar-refractivity contribution in [3.05, 3.63) is 35.4 Å². The molecule has 2 unspecified atom stereocenters. The zero-order valence-corrected chi connectivity index (χ0v) is 10.1. The lowest BCUT2D eigenvalue weighted by Crippen LogP contribution is -2.32. The van der Waals surface area contributed by atoms with Crippen LogP contribution in [-0.2, 0) is 11.2 Å². The summed E-state index contributed by atoms with van der Waals surface area (Å²) in [6, 6.07) is 6.95. The van der Waals surface area contributed by atoms with Crippen LogP contribution in [0.25, 0.3) is 0 Å². The Morgan fingerprint density at radius 1 is 1.60 bits per heavy atom. The number of carboxylic acid groups (broad SMARTS) is 1. The smallest absolute Gasteiger partial charge is 0.320 e. The number of carbonyl (C=O) groups is 1. The monoisotopic (exact) mass is 271 g/mol. The summed E-state index contributed by atoms with van der Waals surface area (Å²) >= 11 is 3.46. The first kappa shape index (κ1) is 12.2. The maximum atomic E-state index is 10.6. The molecule has 3 nitrogen and oxygen atoms in total. The third kappa shape index (κ3) is 3.64. The van der Waals surface area contributed by atoms with Gasteiger partial charge in [-0.3, -0.25) is 4.79 Å². The van der Waals surface area contributed by atoms with Crippen LogP contribution in [0.5, 0.6) is 0 Å². The molecule has 0 radical (unpaired) electrons. The molecule has 0 aliphatic heterocycles. The van der Waals surface area contributed by atoms with Crippen molar-refractivity contribution in [2.45, 2.75) is 24.2 Å². The van der Waals surface area contributed by atoms with E-state index in [4.69, 9.17) is 10.8 Å². The van der Waals surface area contributed by atoms with Gasteiger partial charge in [0.1, 0.15) is 6.04 Å². The molecule has 0 amide bonds. The van der Waals surface area contributed by atoms with E-state index in [0.29, 0.717) is 6.42 Å². The summed E-state index contributed by atoms with van der Waals surface area (Å²) in [5.41, 5.74) is 7.55. The third-order valence-corrected chi connectivity index (χ3v) is 2.71. The molecule has 0 aliphatic carbocycles. The molecule has 4 heteroatoms. The number of hydrogen-bond donors (Lipinski definition) is 2. The van der Waals surface area contributed by atoms with Gasteiger partial charge < -0.3 is 10.8 Å². The molecular formula is C11H14BrNO2. The van der Waals surface area contributed by atoms with Gasteiger partial charge in [0.2, 0.25) is 0 Å². The Labute approximate surface area is 97.4 Å². The molecule has 15 heavy (non-hydrogen) atoms. The second-order valence-electron chi connectivity index (χ2n) is 3.51. The van der Waals surface area contributed by atoms with Crippen LogP contribution in [-0.4, -0.2) is 17.1 Å². The lowest BCUT2D eigenvalue weighted by Gasteiger charge is -2.09. The van der Waals surface area contributed by atoms with Crippen LogP contribution in [0.15, 0.2) is 24.3 Å². The normalized spacial score (nSPS) is 14.6. The van der Waals surface area contributed by atoms with Crippen LogP contribution in [0.4, 0.5) is 0 Å². The lowest BCUT2D eigenvalue weighted by molar-refractivity contribution is -0.138. The molecule has 1 rings (SSSR count). The molecule has 3 N–H and O–H groups in total. The fourth-order valence-corrected chi connectivity index (χ4v) is 1.59. The number of rotatable bonds is 4. The van der Waals surface area contributed by atoms with Crippen molar-refractivity contribution in [3.8, 4) is 0 Å². The number of aliphatic carboxylic acids is 1. The van der Waals surface area contributed by atoms with E-state index in [-0.39, 0.29) is 4.83 Å². The van der Waals surface area contributed by atoms with Gasteiger partial charge in [-0.1, -0.05) is 40.2 Å². The Morgan fingerprint density at radius 2 is 2.27 bits per heavy atom. The number of benzene rings is 1. The van der Waals surface area contributed by atoms with Crippen LogP contribution in [0.3, 0.4) is 0 Å². The SMILES string of the molecule is CC(Br)c1cccc(CC(N)C(=O)O)c1. The molecule has 1 aromatic carbocycles. The summed E-state index contributed by atoms with van der Waals surface area (Å²) in [4.78, 5) is 10.9. The highest BCUT2D eigenvalue weighted by Gasteiger charge is 2.12. The van der Waals surface area contributed by atoms with E-state index in [1.54, 1.807) is 0 Å². The maximum Gasteiger partial charge on any atom is 0.320 e. The first-order chi connectivity index (χ1) is 7.00. The number of hydrogen-bond acceptors (Lipinski definition) is 2. The van der Waals surface area contributed by atoms with Gasteiger partial charge in [0.05, 0.1) is 0 Å². The minimum Gasteiger partial charge on any atom is -0.480 e. The summed E-state index contributed by atoms with van der Waals surface area (Å²) in [6.45, 7) is 2.02. The van der Waals surface area contributed by atoms with Crippen LogP contribution < -0.4 is 5.73 Å². The average molecular weight is 272 g/mol. The molecule has 0 aliphatic rings. The van der Waals surface area contributed by atoms with Crippen molar-refractivity contribution in [2.24, 2.45) is 5.73 Å². The quantitative estimate of drug-likeness (QED) is 0.825. The second kappa shape index (κ2) is 5.28. The molecule has 0 heterocycles. The first-order valence-corrected chi connectivity index (χ1v) is 5.63. The largest absolute Gasteiger partial charge is 0.480 e. The Bertz CT molecular complexity index is 352. The fraction of sp³-hybridized carbons (Fsp3) is 0.364. The van der Waals surface area contributed by atoms with Crippen molar-refractivity contribution >= 4 is 21.9 Å². The molecule has 82 valence electrons. The van der Waals surface area contributed by atoms with E-state index in [9.17, 15) is 4.79 Å². The van der Waals surface area contributed by atoms with E-state index in [0.717, 1.165) is 11.1 Å². The Kier molecular flexibility index (Phi) is 4.29. The van der Waals surface area contributed by atoms with Gasteiger partial charge in [-0.15, -0.1) is 0 Å². The van der Waals surface area contributed by atoms with Crippen LogP contribution >= 0.6 is 15.9 Å². The minimum atomic E-state index is -0.965. The third-order valence-electron chi connectivity index (χ3n) is 2.18. The van der Waals surface area contributed by atoms with Gasteiger partial charge in [0.25, 0.3) is 0 Å². The number of alkyl halides is 1.